The van der Waals surface area contributed by atoms with E-state index >= 15 is 0 Å². The van der Waals surface area contributed by atoms with Crippen molar-refractivity contribution in [2.45, 2.75) is 39.0 Å². The molecule has 0 saturated carbocycles. The van der Waals surface area contributed by atoms with E-state index in [1.807, 2.05) is 13.0 Å². The molecule has 1 aliphatic rings. The Kier molecular flexibility index (Phi) is 10.9. The molecule has 0 heterocycles. The minimum absolute atomic E-state index is 0.0653. The summed E-state index contributed by atoms with van der Waals surface area (Å²) in [5.41, 5.74) is 4.70. The summed E-state index contributed by atoms with van der Waals surface area (Å²) in [7, 11) is 1.26. The Morgan fingerprint density at radius 1 is 1.03 bits per heavy atom. The van der Waals surface area contributed by atoms with E-state index in [-0.39, 0.29) is 22.9 Å². The molecular weight excluding hydrogens is 542 g/mol. The number of hydrogen-bond donors (Lipinski definition) is 1. The number of nitrogens with zero attached hydrogens (tertiary/aromatic N) is 1. The molecule has 208 valence electrons. The van der Waals surface area contributed by atoms with Crippen LogP contribution < -0.4 is 5.73 Å². The number of benzene rings is 1. The van der Waals surface area contributed by atoms with Gasteiger partial charge in [0.2, 0.25) is 5.91 Å². The van der Waals surface area contributed by atoms with Gasteiger partial charge >= 0.3 is 12.4 Å². The van der Waals surface area contributed by atoms with Crippen molar-refractivity contribution < 1.29 is 31.1 Å². The maximum Gasteiger partial charge on any atom is 0.416 e. The third kappa shape index (κ3) is 8.99. The molecule has 0 aliphatic heterocycles. The van der Waals surface area contributed by atoms with Crippen LogP contribution in [0.15, 0.2) is 105 Å². The Morgan fingerprint density at radius 2 is 1.62 bits per heavy atom. The van der Waals surface area contributed by atoms with E-state index in [1.54, 1.807) is 31.2 Å². The SMILES string of the molecule is CCC1=C(Cl)C(\C(=C/C=C(C)\C=C\C=C\C(=NC)c2cc(C(F)(F)F)cc(C(F)(F)F)c2)C(N)=O)=CC=CC1. The predicted molar refractivity (Wildman–Crippen MR) is 143 cm³/mol. The Bertz CT molecular complexity index is 1300. The zero-order valence-corrected chi connectivity index (χ0v) is 22.2. The Labute approximate surface area is 228 Å². The van der Waals surface area contributed by atoms with Crippen LogP contribution in [-0.2, 0) is 17.1 Å². The van der Waals surface area contributed by atoms with Crippen LogP contribution in [-0.4, -0.2) is 18.7 Å². The van der Waals surface area contributed by atoms with Gasteiger partial charge in [0.15, 0.2) is 0 Å². The average Bonchev–Trinajstić information content (AvgIpc) is 3.03. The van der Waals surface area contributed by atoms with Crippen molar-refractivity contribution in [3.8, 4) is 0 Å². The predicted octanol–water partition coefficient (Wildman–Crippen LogP) is 8.40. The maximum atomic E-state index is 13.2. The van der Waals surface area contributed by atoms with Crippen molar-refractivity contribution in [3.05, 3.63) is 117 Å². The molecule has 0 spiro atoms. The van der Waals surface area contributed by atoms with Crippen LogP contribution in [0.3, 0.4) is 0 Å². The lowest BCUT2D eigenvalue weighted by atomic mass is 9.99. The maximum absolute atomic E-state index is 13.2. The number of carbonyl (C=O) groups excluding carboxylic acids is 1. The fraction of sp³-hybridized carbons (Fsp3) is 0.241. The highest BCUT2D eigenvalue weighted by atomic mass is 35.5. The van der Waals surface area contributed by atoms with E-state index in [2.05, 4.69) is 4.99 Å². The summed E-state index contributed by atoms with van der Waals surface area (Å²) >= 11 is 6.52. The topological polar surface area (TPSA) is 55.4 Å². The number of halogens is 7. The van der Waals surface area contributed by atoms with Crippen LogP contribution in [0.1, 0.15) is 43.4 Å². The smallest absolute Gasteiger partial charge is 0.366 e. The highest BCUT2D eigenvalue weighted by Gasteiger charge is 2.37. The van der Waals surface area contributed by atoms with Gasteiger partial charge in [0.05, 0.1) is 16.8 Å². The number of primary amides is 1. The number of carbonyl (C=O) groups is 1. The number of aliphatic imine (C=N–C) groups is 1. The van der Waals surface area contributed by atoms with Gasteiger partial charge in [-0.3, -0.25) is 9.79 Å². The Balaban J connectivity index is 2.32. The molecule has 0 fully saturated rings. The van der Waals surface area contributed by atoms with Gasteiger partial charge in [-0.2, -0.15) is 26.3 Å². The lowest BCUT2D eigenvalue weighted by molar-refractivity contribution is -0.143. The van der Waals surface area contributed by atoms with Crippen LogP contribution in [0.4, 0.5) is 26.3 Å². The number of nitrogens with two attached hydrogens (primary N) is 1. The lowest BCUT2D eigenvalue weighted by Crippen LogP contribution is -2.16. The molecule has 10 heteroatoms. The van der Waals surface area contributed by atoms with Crippen LogP contribution in [0.25, 0.3) is 0 Å². The number of allylic oxidation sites excluding steroid dienone is 12. The van der Waals surface area contributed by atoms with E-state index in [1.165, 1.54) is 31.4 Å². The quantitative estimate of drug-likeness (QED) is 0.146. The summed E-state index contributed by atoms with van der Waals surface area (Å²) < 4.78 is 79.1. The zero-order valence-electron chi connectivity index (χ0n) is 21.4. The standard InChI is InChI=1S/C29H27ClF6N2O/c1-4-19-10-6-7-11-23(26(19)30)24(27(37)39)14-13-18(2)9-5-8-12-25(38-3)20-15-21(28(31,32)33)17-22(16-20)29(34,35)36/h5-9,11-17H,4,10H2,1-3H3,(H2,37,39)/b9-5+,12-8+,18-13-,24-14+,38-25?. The van der Waals surface area contributed by atoms with Gasteiger partial charge in [0.1, 0.15) is 0 Å². The molecule has 0 radical (unpaired) electrons. The van der Waals surface area contributed by atoms with Gasteiger partial charge in [-0.05, 0) is 55.7 Å². The number of amides is 1. The molecular formula is C29H27ClF6N2O. The third-order valence-electron chi connectivity index (χ3n) is 5.65. The van der Waals surface area contributed by atoms with E-state index < -0.39 is 29.4 Å². The summed E-state index contributed by atoms with van der Waals surface area (Å²) in [6, 6.07) is 1.30. The van der Waals surface area contributed by atoms with Crippen LogP contribution >= 0.6 is 11.6 Å². The first-order valence-corrected chi connectivity index (χ1v) is 12.1. The van der Waals surface area contributed by atoms with Crippen molar-refractivity contribution in [3.63, 3.8) is 0 Å². The molecule has 3 nitrogen and oxygen atoms in total. The molecule has 0 aromatic heterocycles. The molecule has 0 bridgehead atoms. The van der Waals surface area contributed by atoms with E-state index in [4.69, 9.17) is 17.3 Å². The molecule has 1 aromatic carbocycles. The molecule has 0 saturated heterocycles. The average molecular weight is 569 g/mol. The first kappa shape index (κ1) is 31.6. The van der Waals surface area contributed by atoms with E-state index in [0.29, 0.717) is 41.2 Å². The molecule has 0 atom stereocenters. The minimum atomic E-state index is -4.96. The highest BCUT2D eigenvalue weighted by Crippen LogP contribution is 2.36. The van der Waals surface area contributed by atoms with Gasteiger partial charge < -0.3 is 5.73 Å². The number of alkyl halides is 6. The summed E-state index contributed by atoms with van der Waals surface area (Å²) in [5.74, 6) is -0.666. The fourth-order valence-corrected chi connectivity index (χ4v) is 3.94. The van der Waals surface area contributed by atoms with Crippen molar-refractivity contribution in [1.82, 2.24) is 0 Å². The largest absolute Gasteiger partial charge is 0.416 e. The van der Waals surface area contributed by atoms with Gasteiger partial charge in [-0.25, -0.2) is 0 Å². The molecule has 2 N–H and O–H groups in total. The summed E-state index contributed by atoms with van der Waals surface area (Å²) in [5, 5.41) is 0.465. The minimum Gasteiger partial charge on any atom is -0.366 e. The van der Waals surface area contributed by atoms with Gasteiger partial charge in [-0.15, -0.1) is 0 Å². The van der Waals surface area contributed by atoms with Gasteiger partial charge in [0.25, 0.3) is 0 Å². The number of hydrogen-bond acceptors (Lipinski definition) is 2. The molecule has 1 aliphatic carbocycles. The van der Waals surface area contributed by atoms with Crippen LogP contribution in [0.5, 0.6) is 0 Å². The molecule has 39 heavy (non-hydrogen) atoms. The molecule has 1 amide bonds. The Morgan fingerprint density at radius 3 is 2.13 bits per heavy atom. The first-order valence-electron chi connectivity index (χ1n) is 11.7. The van der Waals surface area contributed by atoms with Gasteiger partial charge in [0, 0.05) is 28.8 Å². The second kappa shape index (κ2) is 13.5. The van der Waals surface area contributed by atoms with Crippen molar-refractivity contribution in [2.75, 3.05) is 7.05 Å². The fourth-order valence-electron chi connectivity index (χ4n) is 3.57. The zero-order chi connectivity index (χ0) is 29.4. The van der Waals surface area contributed by atoms with Crippen LogP contribution in [0, 0.1) is 0 Å². The Hall–Kier alpha value is -3.59. The normalized spacial score (nSPS) is 16.4. The molecule has 2 rings (SSSR count). The van der Waals surface area contributed by atoms with E-state index in [9.17, 15) is 31.1 Å². The van der Waals surface area contributed by atoms with Crippen molar-refractivity contribution in [2.24, 2.45) is 10.7 Å². The molecule has 1 aromatic rings. The van der Waals surface area contributed by atoms with Gasteiger partial charge in [-0.1, -0.05) is 66.6 Å². The molecule has 0 unspecified atom stereocenters. The number of rotatable bonds is 8. The second-order valence-corrected chi connectivity index (χ2v) is 8.84. The van der Waals surface area contributed by atoms with Crippen molar-refractivity contribution >= 4 is 23.2 Å². The summed E-state index contributed by atoms with van der Waals surface area (Å²) in [6.07, 6.45) is 5.94. The monoisotopic (exact) mass is 568 g/mol. The third-order valence-corrected chi connectivity index (χ3v) is 6.12. The van der Waals surface area contributed by atoms with Crippen molar-refractivity contribution in [1.29, 1.82) is 0 Å². The summed E-state index contributed by atoms with van der Waals surface area (Å²) in [6.45, 7) is 3.69. The van der Waals surface area contributed by atoms with E-state index in [0.717, 1.165) is 5.57 Å². The van der Waals surface area contributed by atoms with Crippen LogP contribution in [0.2, 0.25) is 0 Å². The highest BCUT2D eigenvalue weighted by molar-refractivity contribution is 6.33. The summed E-state index contributed by atoms with van der Waals surface area (Å²) in [4.78, 5) is 16.0. The first-order chi connectivity index (χ1) is 18.2. The lowest BCUT2D eigenvalue weighted by Gasteiger charge is -2.14. The second-order valence-electron chi connectivity index (χ2n) is 8.46.